The number of halogens is 6. The Bertz CT molecular complexity index is 1230. The Kier molecular flexibility index (Phi) is 6.76. The van der Waals surface area contributed by atoms with Gasteiger partial charge in [0.25, 0.3) is 11.8 Å². The van der Waals surface area contributed by atoms with Crippen molar-refractivity contribution in [3.63, 3.8) is 0 Å². The maximum atomic E-state index is 15.2. The summed E-state index contributed by atoms with van der Waals surface area (Å²) in [5.41, 5.74) is -1.31. The number of benzene rings is 1. The molecule has 3 heterocycles. The second-order valence-electron chi connectivity index (χ2n) is 8.87. The van der Waals surface area contributed by atoms with E-state index in [1.54, 1.807) is 6.92 Å². The molecule has 0 N–H and O–H groups in total. The molecule has 4 rings (SSSR count). The van der Waals surface area contributed by atoms with Gasteiger partial charge in [-0.05, 0) is 30.9 Å². The molecule has 13 heteroatoms. The smallest absolute Gasteiger partial charge is 0.329 e. The van der Waals surface area contributed by atoms with Crippen molar-refractivity contribution in [3.8, 4) is 5.69 Å². The third-order valence-electron chi connectivity index (χ3n) is 6.20. The average Bonchev–Trinajstić information content (AvgIpc) is 3.33. The number of hydrogen-bond donors (Lipinski definition) is 0. The molecule has 1 fully saturated rings. The first-order valence-corrected chi connectivity index (χ1v) is 11.1. The molecule has 0 bridgehead atoms. The molecule has 1 aromatic carbocycles. The van der Waals surface area contributed by atoms with Crippen molar-refractivity contribution in [3.05, 3.63) is 65.3 Å². The number of carbonyl (C=O) groups excluding carboxylic acids is 1. The standard InChI is InChI=1S/C23H22F6N6O/c1-13-3-4-17(35-32-7-8-33-35)19(20(13)24)21(36)34-12-22(25,26)9-14(2)16(34)5-6-18-30-10-15(11-31-18)23(27,28)29/h3-4,7-8,10-11,14,16H,5-6,9,12H2,1-2H3/t14-,16-/m1/s1. The fourth-order valence-corrected chi connectivity index (χ4v) is 4.44. The van der Waals surface area contributed by atoms with Crippen molar-refractivity contribution in [2.45, 2.75) is 51.3 Å². The lowest BCUT2D eigenvalue weighted by Crippen LogP contribution is -2.55. The maximum Gasteiger partial charge on any atom is 0.419 e. The first-order valence-electron chi connectivity index (χ1n) is 11.1. The second kappa shape index (κ2) is 9.51. The molecule has 0 aliphatic carbocycles. The molecule has 192 valence electrons. The summed E-state index contributed by atoms with van der Waals surface area (Å²) in [7, 11) is 0. The summed E-state index contributed by atoms with van der Waals surface area (Å²) >= 11 is 0. The topological polar surface area (TPSA) is 76.8 Å². The Balaban J connectivity index is 1.65. The Labute approximate surface area is 202 Å². The largest absolute Gasteiger partial charge is 0.419 e. The van der Waals surface area contributed by atoms with Crippen LogP contribution in [-0.4, -0.2) is 54.3 Å². The molecule has 0 spiro atoms. The molecule has 36 heavy (non-hydrogen) atoms. The molecule has 3 aromatic rings. The van der Waals surface area contributed by atoms with Crippen LogP contribution in [0.25, 0.3) is 5.69 Å². The van der Waals surface area contributed by atoms with Crippen LogP contribution in [0.3, 0.4) is 0 Å². The van der Waals surface area contributed by atoms with E-state index in [2.05, 4.69) is 20.2 Å². The molecular formula is C23H22F6N6O. The van der Waals surface area contributed by atoms with Crippen molar-refractivity contribution in [1.82, 2.24) is 29.9 Å². The molecule has 0 radical (unpaired) electrons. The zero-order valence-corrected chi connectivity index (χ0v) is 19.3. The molecule has 2 atom stereocenters. The molecule has 1 saturated heterocycles. The van der Waals surface area contributed by atoms with Crippen molar-refractivity contribution in [1.29, 1.82) is 0 Å². The summed E-state index contributed by atoms with van der Waals surface area (Å²) in [5.74, 6) is -5.65. The summed E-state index contributed by atoms with van der Waals surface area (Å²) in [6.07, 6.45) is -1.01. The number of alkyl halides is 5. The fourth-order valence-electron chi connectivity index (χ4n) is 4.44. The fraction of sp³-hybridized carbons (Fsp3) is 0.435. The van der Waals surface area contributed by atoms with Gasteiger partial charge < -0.3 is 4.90 Å². The predicted molar refractivity (Wildman–Crippen MR) is 115 cm³/mol. The van der Waals surface area contributed by atoms with Crippen molar-refractivity contribution < 1.29 is 31.1 Å². The summed E-state index contributed by atoms with van der Waals surface area (Å²) in [5, 5.41) is 7.86. The van der Waals surface area contributed by atoms with Crippen LogP contribution >= 0.6 is 0 Å². The minimum Gasteiger partial charge on any atom is -0.329 e. The highest BCUT2D eigenvalue weighted by molar-refractivity contribution is 5.98. The predicted octanol–water partition coefficient (Wildman–Crippen LogP) is 4.64. The Morgan fingerprint density at radius 3 is 2.39 bits per heavy atom. The Morgan fingerprint density at radius 1 is 1.14 bits per heavy atom. The highest BCUT2D eigenvalue weighted by atomic mass is 19.4. The van der Waals surface area contributed by atoms with Crippen molar-refractivity contribution >= 4 is 5.91 Å². The van der Waals surface area contributed by atoms with Gasteiger partial charge in [0, 0.05) is 31.3 Å². The monoisotopic (exact) mass is 512 g/mol. The van der Waals surface area contributed by atoms with Crippen LogP contribution < -0.4 is 0 Å². The van der Waals surface area contributed by atoms with Crippen LogP contribution in [0.1, 0.15) is 47.1 Å². The minimum absolute atomic E-state index is 0.000495. The van der Waals surface area contributed by atoms with E-state index in [-0.39, 0.29) is 29.9 Å². The first kappa shape index (κ1) is 25.6. The van der Waals surface area contributed by atoms with E-state index in [0.717, 1.165) is 9.70 Å². The number of rotatable bonds is 5. The van der Waals surface area contributed by atoms with E-state index in [1.807, 2.05) is 0 Å². The van der Waals surface area contributed by atoms with Crippen molar-refractivity contribution in [2.75, 3.05) is 6.54 Å². The zero-order valence-electron chi connectivity index (χ0n) is 19.3. The van der Waals surface area contributed by atoms with E-state index in [4.69, 9.17) is 0 Å². The molecular weight excluding hydrogens is 490 g/mol. The number of hydrogen-bond acceptors (Lipinski definition) is 5. The summed E-state index contributed by atoms with van der Waals surface area (Å²) in [6.45, 7) is 2.06. The van der Waals surface area contributed by atoms with E-state index >= 15 is 4.39 Å². The number of aromatic nitrogens is 5. The van der Waals surface area contributed by atoms with Gasteiger partial charge in [-0.1, -0.05) is 13.0 Å². The quantitative estimate of drug-likeness (QED) is 0.466. The molecule has 1 amide bonds. The van der Waals surface area contributed by atoms with Crippen molar-refractivity contribution in [2.24, 2.45) is 5.92 Å². The SMILES string of the molecule is Cc1ccc(-n2nccn2)c(C(=O)N2CC(F)(F)C[C@@H](C)[C@H]2CCc2ncc(C(F)(F)F)cn2)c1F. The van der Waals surface area contributed by atoms with Crippen LogP contribution in [0.5, 0.6) is 0 Å². The van der Waals surface area contributed by atoms with Gasteiger partial charge in [-0.25, -0.2) is 23.1 Å². The van der Waals surface area contributed by atoms with Gasteiger partial charge in [-0.2, -0.15) is 28.2 Å². The summed E-state index contributed by atoms with van der Waals surface area (Å²) in [6, 6.07) is 2.10. The summed E-state index contributed by atoms with van der Waals surface area (Å²) in [4.78, 5) is 23.0. The highest BCUT2D eigenvalue weighted by Crippen LogP contribution is 2.38. The maximum absolute atomic E-state index is 15.2. The minimum atomic E-state index is -4.59. The van der Waals surface area contributed by atoms with Crippen LogP contribution in [-0.2, 0) is 12.6 Å². The highest BCUT2D eigenvalue weighted by Gasteiger charge is 2.47. The third-order valence-corrected chi connectivity index (χ3v) is 6.20. The molecule has 0 unspecified atom stereocenters. The number of piperidine rings is 1. The van der Waals surface area contributed by atoms with E-state index in [0.29, 0.717) is 12.4 Å². The van der Waals surface area contributed by atoms with Crippen LogP contribution in [0.15, 0.2) is 36.9 Å². The zero-order chi connectivity index (χ0) is 26.3. The van der Waals surface area contributed by atoms with Gasteiger partial charge in [-0.15, -0.1) is 0 Å². The normalized spacial score (nSPS) is 19.9. The van der Waals surface area contributed by atoms with Crippen LogP contribution in [0.2, 0.25) is 0 Å². The molecule has 2 aromatic heterocycles. The van der Waals surface area contributed by atoms with E-state index in [1.165, 1.54) is 31.5 Å². The first-order chi connectivity index (χ1) is 16.9. The van der Waals surface area contributed by atoms with E-state index in [9.17, 15) is 26.7 Å². The van der Waals surface area contributed by atoms with E-state index < -0.39 is 59.9 Å². The number of carbonyl (C=O) groups is 1. The lowest BCUT2D eigenvalue weighted by atomic mass is 9.85. The average molecular weight is 512 g/mol. The molecule has 0 saturated carbocycles. The van der Waals surface area contributed by atoms with Gasteiger partial charge in [0.15, 0.2) is 0 Å². The molecule has 7 nitrogen and oxygen atoms in total. The second-order valence-corrected chi connectivity index (χ2v) is 8.87. The Hall–Kier alpha value is -3.51. The number of aryl methyl sites for hydroxylation is 2. The lowest BCUT2D eigenvalue weighted by Gasteiger charge is -2.43. The van der Waals surface area contributed by atoms with Gasteiger partial charge in [-0.3, -0.25) is 4.79 Å². The molecule has 1 aliphatic heterocycles. The number of likely N-dealkylation sites (tertiary alicyclic amines) is 1. The summed E-state index contributed by atoms with van der Waals surface area (Å²) < 4.78 is 82.7. The number of nitrogens with zero attached hydrogens (tertiary/aromatic N) is 6. The molecule has 1 aliphatic rings. The Morgan fingerprint density at radius 2 is 1.78 bits per heavy atom. The van der Waals surface area contributed by atoms with Gasteiger partial charge in [0.2, 0.25) is 0 Å². The van der Waals surface area contributed by atoms with Gasteiger partial charge in [0.05, 0.1) is 24.5 Å². The lowest BCUT2D eigenvalue weighted by molar-refractivity contribution is -0.138. The van der Waals surface area contributed by atoms with Gasteiger partial charge in [0.1, 0.15) is 22.9 Å². The van der Waals surface area contributed by atoms with Crippen LogP contribution in [0.4, 0.5) is 26.3 Å². The van der Waals surface area contributed by atoms with Gasteiger partial charge >= 0.3 is 6.18 Å². The number of amides is 1. The van der Waals surface area contributed by atoms with Crippen LogP contribution in [0, 0.1) is 18.7 Å². The third kappa shape index (κ3) is 5.19.